The minimum Gasteiger partial charge on any atom is -0.480 e. The van der Waals surface area contributed by atoms with Gasteiger partial charge >= 0.3 is 5.97 Å². The smallest absolute Gasteiger partial charge is 0.326 e. The van der Waals surface area contributed by atoms with Gasteiger partial charge in [0, 0.05) is 12.4 Å². The fourth-order valence-electron chi connectivity index (χ4n) is 1.82. The Labute approximate surface area is 119 Å². The molecule has 0 bridgehead atoms. The number of hydrogen-bond donors (Lipinski definition) is 1. The normalized spacial score (nSPS) is 12.1. The van der Waals surface area contributed by atoms with E-state index in [1.54, 1.807) is 24.4 Å². The van der Waals surface area contributed by atoms with Crippen molar-refractivity contribution in [1.29, 1.82) is 0 Å². The molecule has 1 unspecified atom stereocenters. The zero-order valence-corrected chi connectivity index (χ0v) is 11.9. The highest BCUT2D eigenvalue weighted by Gasteiger charge is 2.27. The average molecular weight is 294 g/mol. The van der Waals surface area contributed by atoms with Crippen LogP contribution in [0.2, 0.25) is 0 Å². The summed E-state index contributed by atoms with van der Waals surface area (Å²) < 4.78 is 5.21. The molecule has 6 nitrogen and oxygen atoms in total. The van der Waals surface area contributed by atoms with Gasteiger partial charge in [0.05, 0.1) is 6.26 Å². The van der Waals surface area contributed by atoms with E-state index in [1.807, 2.05) is 0 Å². The van der Waals surface area contributed by atoms with Crippen molar-refractivity contribution in [2.45, 2.75) is 19.4 Å². The number of aromatic nitrogens is 1. The molecule has 106 valence electrons. The molecule has 2 aromatic heterocycles. The molecule has 2 aromatic rings. The maximum absolute atomic E-state index is 12.2. The fraction of sp³-hybridized carbons (Fsp3) is 0.308. The van der Waals surface area contributed by atoms with Crippen molar-refractivity contribution in [3.05, 3.63) is 29.5 Å². The van der Waals surface area contributed by atoms with Crippen molar-refractivity contribution in [1.82, 2.24) is 9.88 Å². The molecule has 0 saturated heterocycles. The first-order valence-corrected chi connectivity index (χ1v) is 6.92. The number of furan rings is 1. The third-order valence-corrected chi connectivity index (χ3v) is 3.77. The lowest BCUT2D eigenvalue weighted by Crippen LogP contribution is -2.42. The van der Waals surface area contributed by atoms with Crippen LogP contribution in [0.15, 0.2) is 28.2 Å². The first kappa shape index (κ1) is 14.3. The third-order valence-electron chi connectivity index (χ3n) is 2.91. The van der Waals surface area contributed by atoms with Gasteiger partial charge < -0.3 is 14.4 Å². The summed E-state index contributed by atoms with van der Waals surface area (Å²) in [6.07, 6.45) is 1.87. The Bertz CT molecular complexity index is 606. The zero-order chi connectivity index (χ0) is 14.7. The molecule has 0 aromatic carbocycles. The second-order valence-corrected chi connectivity index (χ2v) is 5.05. The number of amides is 1. The van der Waals surface area contributed by atoms with Crippen molar-refractivity contribution in [3.8, 4) is 10.8 Å². The van der Waals surface area contributed by atoms with Crippen LogP contribution in [-0.2, 0) is 4.79 Å². The summed E-state index contributed by atoms with van der Waals surface area (Å²) in [5.74, 6) is -0.847. The molecule has 1 N–H and O–H groups in total. The number of likely N-dealkylation sites (N-methyl/N-ethyl adjacent to an activating group) is 1. The standard InChI is InChI=1S/C13H14N2O4S/c1-3-9(13(17)18)15(2)12(16)8-7-20-11(14-8)10-5-4-6-19-10/h4-7,9H,3H2,1-2H3,(H,17,18). The molecular weight excluding hydrogens is 280 g/mol. The Morgan fingerprint density at radius 3 is 2.85 bits per heavy atom. The molecule has 0 aliphatic rings. The topological polar surface area (TPSA) is 83.6 Å². The Balaban J connectivity index is 2.19. The molecule has 2 rings (SSSR count). The van der Waals surface area contributed by atoms with Crippen molar-refractivity contribution < 1.29 is 19.1 Å². The first-order valence-electron chi connectivity index (χ1n) is 6.04. The van der Waals surface area contributed by atoms with E-state index in [1.165, 1.54) is 29.5 Å². The van der Waals surface area contributed by atoms with Crippen LogP contribution < -0.4 is 0 Å². The molecule has 0 saturated carbocycles. The molecule has 0 aliphatic carbocycles. The van der Waals surface area contributed by atoms with Crippen LogP contribution in [0.25, 0.3) is 10.8 Å². The fourth-order valence-corrected chi connectivity index (χ4v) is 2.58. The van der Waals surface area contributed by atoms with E-state index in [9.17, 15) is 9.59 Å². The van der Waals surface area contributed by atoms with Crippen LogP contribution in [0.3, 0.4) is 0 Å². The van der Waals surface area contributed by atoms with Gasteiger partial charge in [0.15, 0.2) is 10.8 Å². The van der Waals surface area contributed by atoms with E-state index in [4.69, 9.17) is 9.52 Å². The molecule has 2 heterocycles. The summed E-state index contributed by atoms with van der Waals surface area (Å²) in [6.45, 7) is 1.72. The number of nitrogens with zero attached hydrogens (tertiary/aromatic N) is 2. The Morgan fingerprint density at radius 2 is 2.30 bits per heavy atom. The lowest BCUT2D eigenvalue weighted by Gasteiger charge is -2.22. The monoisotopic (exact) mass is 294 g/mol. The molecule has 0 spiro atoms. The highest BCUT2D eigenvalue weighted by molar-refractivity contribution is 7.13. The van der Waals surface area contributed by atoms with Crippen molar-refractivity contribution >= 4 is 23.2 Å². The number of hydrogen-bond acceptors (Lipinski definition) is 5. The first-order chi connectivity index (χ1) is 9.54. The number of carbonyl (C=O) groups is 2. The van der Waals surface area contributed by atoms with Gasteiger partial charge in [-0.15, -0.1) is 11.3 Å². The van der Waals surface area contributed by atoms with Crippen LogP contribution in [0, 0.1) is 0 Å². The second kappa shape index (κ2) is 5.87. The summed E-state index contributed by atoms with van der Waals surface area (Å²) >= 11 is 1.28. The SMILES string of the molecule is CCC(C(=O)O)N(C)C(=O)c1csc(-c2ccco2)n1. The maximum atomic E-state index is 12.2. The van der Waals surface area contributed by atoms with E-state index in [-0.39, 0.29) is 5.69 Å². The molecule has 7 heteroatoms. The average Bonchev–Trinajstić information content (AvgIpc) is 3.08. The van der Waals surface area contributed by atoms with Gasteiger partial charge in [-0.2, -0.15) is 0 Å². The molecule has 1 amide bonds. The zero-order valence-electron chi connectivity index (χ0n) is 11.1. The van der Waals surface area contributed by atoms with Gasteiger partial charge in [-0.3, -0.25) is 4.79 Å². The summed E-state index contributed by atoms with van der Waals surface area (Å²) in [5.41, 5.74) is 0.226. The molecule has 20 heavy (non-hydrogen) atoms. The second-order valence-electron chi connectivity index (χ2n) is 4.19. The minimum atomic E-state index is -1.02. The predicted octanol–water partition coefficient (Wildman–Crippen LogP) is 2.34. The Hall–Kier alpha value is -2.15. The number of carboxylic acids is 1. The van der Waals surface area contributed by atoms with Gasteiger partial charge in [0.1, 0.15) is 11.7 Å². The van der Waals surface area contributed by atoms with Crippen LogP contribution >= 0.6 is 11.3 Å². The highest BCUT2D eigenvalue weighted by atomic mass is 32.1. The summed E-state index contributed by atoms with van der Waals surface area (Å²) in [7, 11) is 1.47. The van der Waals surface area contributed by atoms with Crippen LogP contribution in [-0.4, -0.2) is 40.0 Å². The largest absolute Gasteiger partial charge is 0.480 e. The summed E-state index contributed by atoms with van der Waals surface area (Å²) in [5, 5.41) is 11.3. The number of carboxylic acid groups (broad SMARTS) is 1. The molecule has 0 aliphatic heterocycles. The van der Waals surface area contributed by atoms with Crippen molar-refractivity contribution in [3.63, 3.8) is 0 Å². The van der Waals surface area contributed by atoms with Crippen molar-refractivity contribution in [2.75, 3.05) is 7.05 Å². The van der Waals surface area contributed by atoms with Crippen molar-refractivity contribution in [2.24, 2.45) is 0 Å². The van der Waals surface area contributed by atoms with E-state index in [0.717, 1.165) is 0 Å². The number of rotatable bonds is 5. The molecule has 1 atom stereocenters. The molecular formula is C13H14N2O4S. The molecule has 0 fully saturated rings. The van der Waals surface area contributed by atoms with Gasteiger partial charge in [0.25, 0.3) is 5.91 Å². The highest BCUT2D eigenvalue weighted by Crippen LogP contribution is 2.24. The number of aliphatic carboxylic acids is 1. The van der Waals surface area contributed by atoms with E-state index in [0.29, 0.717) is 17.2 Å². The van der Waals surface area contributed by atoms with Crippen LogP contribution in [0.4, 0.5) is 0 Å². The van der Waals surface area contributed by atoms with Gasteiger partial charge in [-0.05, 0) is 18.6 Å². The lowest BCUT2D eigenvalue weighted by atomic mass is 10.2. The van der Waals surface area contributed by atoms with Gasteiger partial charge in [-0.25, -0.2) is 9.78 Å². The van der Waals surface area contributed by atoms with E-state index in [2.05, 4.69) is 4.98 Å². The van der Waals surface area contributed by atoms with Gasteiger partial charge in [-0.1, -0.05) is 6.92 Å². The Kier molecular flexibility index (Phi) is 4.19. The third kappa shape index (κ3) is 2.72. The van der Waals surface area contributed by atoms with Crippen LogP contribution in [0.1, 0.15) is 23.8 Å². The summed E-state index contributed by atoms with van der Waals surface area (Å²) in [6, 6.07) is 2.64. The lowest BCUT2D eigenvalue weighted by molar-refractivity contribution is -0.142. The number of carbonyl (C=O) groups excluding carboxylic acids is 1. The van der Waals surface area contributed by atoms with E-state index >= 15 is 0 Å². The van der Waals surface area contributed by atoms with Gasteiger partial charge in [0.2, 0.25) is 0 Å². The van der Waals surface area contributed by atoms with E-state index < -0.39 is 17.9 Å². The minimum absolute atomic E-state index is 0.226. The quantitative estimate of drug-likeness (QED) is 0.915. The number of thiazole rings is 1. The Morgan fingerprint density at radius 1 is 1.55 bits per heavy atom. The van der Waals surface area contributed by atoms with Crippen LogP contribution in [0.5, 0.6) is 0 Å². The summed E-state index contributed by atoms with van der Waals surface area (Å²) in [4.78, 5) is 28.7. The maximum Gasteiger partial charge on any atom is 0.326 e. The predicted molar refractivity (Wildman–Crippen MR) is 73.6 cm³/mol. The molecule has 0 radical (unpaired) electrons.